The van der Waals surface area contributed by atoms with Crippen LogP contribution in [0.25, 0.3) is 0 Å². The normalized spacial score (nSPS) is 16.5. The summed E-state index contributed by atoms with van der Waals surface area (Å²) in [5.41, 5.74) is 0.449. The summed E-state index contributed by atoms with van der Waals surface area (Å²) in [6, 6.07) is 12.9. The molecule has 124 valence electrons. The number of nitrogens with zero attached hydrogens (tertiary/aromatic N) is 1. The molecule has 2 aromatic rings. The van der Waals surface area contributed by atoms with Crippen LogP contribution < -0.4 is 4.90 Å². The van der Waals surface area contributed by atoms with Crippen molar-refractivity contribution in [1.29, 1.82) is 0 Å². The van der Waals surface area contributed by atoms with E-state index in [9.17, 15) is 13.6 Å². The molecule has 1 saturated heterocycles. The minimum Gasteiger partial charge on any atom is -0.376 e. The molecule has 3 nitrogen and oxygen atoms in total. The number of rotatable bonds is 4. The van der Waals surface area contributed by atoms with Gasteiger partial charge in [-0.2, -0.15) is 0 Å². The molecular weight excluding hydrogens is 348 g/mol. The van der Waals surface area contributed by atoms with Crippen LogP contribution in [-0.2, 0) is 26.5 Å². The molecule has 1 amide bonds. The molecule has 0 radical (unpaired) electrons. The zero-order chi connectivity index (χ0) is 16.2. The smallest absolute Gasteiger partial charge is 0.247 e. The van der Waals surface area contributed by atoms with E-state index in [2.05, 4.69) is 0 Å². The molecule has 1 aliphatic heterocycles. The average molecular weight is 364 g/mol. The monoisotopic (exact) mass is 364 g/mol. The molecule has 0 aliphatic carbocycles. The van der Waals surface area contributed by atoms with Crippen LogP contribution in [0.1, 0.15) is 23.2 Å². The minimum atomic E-state index is -0.882. The molecule has 0 spiro atoms. The zero-order valence-electron chi connectivity index (χ0n) is 13.0. The van der Waals surface area contributed by atoms with Crippen molar-refractivity contribution < 1.29 is 40.0 Å². The van der Waals surface area contributed by atoms with Crippen molar-refractivity contribution in [2.24, 2.45) is 0 Å². The fraction of sp³-hybridized carbons (Fsp3) is 0.278. The molecule has 1 fully saturated rings. The SMILES string of the molecule is O=C(c1ccccc1)N(CC1CCCO1)c1ccc(F)[c-]c1F.[Ti]. The van der Waals surface area contributed by atoms with Gasteiger partial charge in [0.1, 0.15) is 0 Å². The number of halogens is 2. The van der Waals surface area contributed by atoms with Crippen molar-refractivity contribution in [2.75, 3.05) is 18.1 Å². The first-order valence-electron chi connectivity index (χ1n) is 7.51. The predicted octanol–water partition coefficient (Wildman–Crippen LogP) is 3.59. The summed E-state index contributed by atoms with van der Waals surface area (Å²) in [5, 5.41) is 0. The Bertz CT molecular complexity index is 691. The van der Waals surface area contributed by atoms with Crippen LogP contribution in [0, 0.1) is 17.7 Å². The molecule has 24 heavy (non-hydrogen) atoms. The van der Waals surface area contributed by atoms with Crippen LogP contribution >= 0.6 is 0 Å². The van der Waals surface area contributed by atoms with E-state index in [0.717, 1.165) is 18.9 Å². The van der Waals surface area contributed by atoms with Crippen molar-refractivity contribution in [3.05, 3.63) is 65.7 Å². The van der Waals surface area contributed by atoms with Crippen molar-refractivity contribution in [3.63, 3.8) is 0 Å². The largest absolute Gasteiger partial charge is 0.376 e. The van der Waals surface area contributed by atoms with E-state index in [1.807, 2.05) is 6.07 Å². The van der Waals surface area contributed by atoms with Gasteiger partial charge >= 0.3 is 0 Å². The fourth-order valence-corrected chi connectivity index (χ4v) is 2.66. The van der Waals surface area contributed by atoms with Gasteiger partial charge in [-0.15, -0.1) is 18.2 Å². The molecule has 1 atom stereocenters. The standard InChI is InChI=1S/C18H16F2NO2.Ti/c19-14-8-9-17(16(20)11-14)21(12-15-7-4-10-23-15)18(22)13-5-2-1-3-6-13;/h1-3,5-6,8-9,15H,4,7,10,12H2;/q-1;. The van der Waals surface area contributed by atoms with E-state index in [4.69, 9.17) is 4.74 Å². The molecule has 2 aromatic carbocycles. The maximum atomic E-state index is 14.1. The third kappa shape index (κ3) is 4.29. The summed E-state index contributed by atoms with van der Waals surface area (Å²) in [4.78, 5) is 14.1. The second-order valence-corrected chi connectivity index (χ2v) is 5.42. The number of amides is 1. The zero-order valence-corrected chi connectivity index (χ0v) is 14.5. The first-order valence-corrected chi connectivity index (χ1v) is 7.51. The summed E-state index contributed by atoms with van der Waals surface area (Å²) >= 11 is 0. The van der Waals surface area contributed by atoms with Crippen LogP contribution in [0.3, 0.4) is 0 Å². The van der Waals surface area contributed by atoms with Gasteiger partial charge in [0.15, 0.2) is 0 Å². The van der Waals surface area contributed by atoms with Gasteiger partial charge in [-0.25, -0.2) is 8.78 Å². The molecule has 0 bridgehead atoms. The number of anilines is 1. The fourth-order valence-electron chi connectivity index (χ4n) is 2.66. The Kier molecular flexibility index (Phi) is 6.66. The van der Waals surface area contributed by atoms with Crippen LogP contribution in [0.15, 0.2) is 42.5 Å². The van der Waals surface area contributed by atoms with Crippen molar-refractivity contribution in [2.45, 2.75) is 18.9 Å². The predicted molar refractivity (Wildman–Crippen MR) is 82.3 cm³/mol. The second-order valence-electron chi connectivity index (χ2n) is 5.42. The summed E-state index contributed by atoms with van der Waals surface area (Å²) in [7, 11) is 0. The minimum absolute atomic E-state index is 0. The molecule has 0 N–H and O–H groups in total. The van der Waals surface area contributed by atoms with E-state index < -0.39 is 11.6 Å². The second kappa shape index (κ2) is 8.51. The van der Waals surface area contributed by atoms with Gasteiger partial charge in [0, 0.05) is 52.1 Å². The van der Waals surface area contributed by atoms with Crippen molar-refractivity contribution in [1.82, 2.24) is 0 Å². The maximum Gasteiger partial charge on any atom is 0.247 e. The first kappa shape index (κ1) is 18.8. The van der Waals surface area contributed by atoms with Gasteiger partial charge < -0.3 is 9.64 Å². The molecule has 6 heteroatoms. The van der Waals surface area contributed by atoms with Crippen LogP contribution in [-0.4, -0.2) is 25.2 Å². The van der Waals surface area contributed by atoms with E-state index in [0.29, 0.717) is 12.2 Å². The van der Waals surface area contributed by atoms with Gasteiger partial charge in [0.25, 0.3) is 0 Å². The molecule has 3 rings (SSSR count). The number of carbonyl (C=O) groups is 1. The van der Waals surface area contributed by atoms with Crippen LogP contribution in [0.2, 0.25) is 0 Å². The summed E-state index contributed by atoms with van der Waals surface area (Å²) in [5.74, 6) is -2.03. The van der Waals surface area contributed by atoms with Gasteiger partial charge in [0.2, 0.25) is 5.91 Å². The number of benzene rings is 2. The van der Waals surface area contributed by atoms with Crippen LogP contribution in [0.4, 0.5) is 14.5 Å². The van der Waals surface area contributed by atoms with Crippen LogP contribution in [0.5, 0.6) is 0 Å². The Labute approximate surface area is 154 Å². The third-order valence-electron chi connectivity index (χ3n) is 3.81. The molecule has 1 unspecified atom stereocenters. The summed E-state index contributed by atoms with van der Waals surface area (Å²) < 4.78 is 32.8. The van der Waals surface area contributed by atoms with Crippen molar-refractivity contribution in [3.8, 4) is 0 Å². The average Bonchev–Trinajstić information content (AvgIpc) is 3.07. The van der Waals surface area contributed by atoms with Gasteiger partial charge in [0.05, 0.1) is 6.10 Å². The summed E-state index contributed by atoms with van der Waals surface area (Å²) in [6.07, 6.45) is 1.58. The molecular formula is C18H16F2NO2Ti-. The van der Waals surface area contributed by atoms with E-state index in [1.165, 1.54) is 11.0 Å². The molecule has 0 saturated carbocycles. The first-order chi connectivity index (χ1) is 11.1. The topological polar surface area (TPSA) is 29.5 Å². The van der Waals surface area contributed by atoms with E-state index >= 15 is 0 Å². The Morgan fingerprint density at radius 3 is 2.58 bits per heavy atom. The van der Waals surface area contributed by atoms with Gasteiger partial charge in [-0.05, 0) is 30.7 Å². The third-order valence-corrected chi connectivity index (χ3v) is 3.81. The number of hydrogen-bond donors (Lipinski definition) is 0. The molecule has 1 aliphatic rings. The van der Waals surface area contributed by atoms with Gasteiger partial charge in [-0.1, -0.05) is 18.2 Å². The Morgan fingerprint density at radius 2 is 1.96 bits per heavy atom. The Balaban J connectivity index is 0.00000208. The quantitative estimate of drug-likeness (QED) is 0.613. The maximum absolute atomic E-state index is 14.1. The number of ether oxygens (including phenoxy) is 1. The Hall–Kier alpha value is -1.56. The van der Waals surface area contributed by atoms with Crippen molar-refractivity contribution >= 4 is 11.6 Å². The number of hydrogen-bond acceptors (Lipinski definition) is 2. The molecule has 1 heterocycles. The molecule has 0 aromatic heterocycles. The van der Waals surface area contributed by atoms with Gasteiger partial charge in [-0.3, -0.25) is 4.79 Å². The summed E-state index contributed by atoms with van der Waals surface area (Å²) in [6.45, 7) is 0.861. The Morgan fingerprint density at radius 1 is 1.21 bits per heavy atom. The number of carbonyl (C=O) groups excluding carboxylic acids is 1. The van der Waals surface area contributed by atoms with E-state index in [1.54, 1.807) is 30.3 Å². The van der Waals surface area contributed by atoms with E-state index in [-0.39, 0.29) is 46.0 Å².